The number of nitrogens with zero attached hydrogens (tertiary/aromatic N) is 1. The SMILES string of the molecule is C[C@@H](Nc1ncc(C(F)(F)F)cc1Cl)[C@@H]1CCCO1. The highest BCUT2D eigenvalue weighted by atomic mass is 35.5. The highest BCUT2D eigenvalue weighted by molar-refractivity contribution is 6.33. The van der Waals surface area contributed by atoms with Gasteiger partial charge in [0.25, 0.3) is 0 Å². The zero-order valence-electron chi connectivity index (χ0n) is 10.3. The lowest BCUT2D eigenvalue weighted by Gasteiger charge is -2.21. The first-order valence-corrected chi connectivity index (χ1v) is 6.36. The van der Waals surface area contributed by atoms with E-state index in [1.54, 1.807) is 0 Å². The van der Waals surface area contributed by atoms with Crippen LogP contribution in [0.25, 0.3) is 0 Å². The molecule has 2 atom stereocenters. The molecule has 1 N–H and O–H groups in total. The predicted octanol–water partition coefficient (Wildman–Crippen LogP) is 3.73. The fourth-order valence-corrected chi connectivity index (χ4v) is 2.23. The summed E-state index contributed by atoms with van der Waals surface area (Å²) in [6.45, 7) is 2.61. The maximum atomic E-state index is 12.5. The predicted molar refractivity (Wildman–Crippen MR) is 66.3 cm³/mol. The Balaban J connectivity index is 2.08. The Bertz CT molecular complexity index is 447. The summed E-state index contributed by atoms with van der Waals surface area (Å²) in [4.78, 5) is 3.74. The van der Waals surface area contributed by atoms with Crippen LogP contribution >= 0.6 is 11.6 Å². The van der Waals surface area contributed by atoms with Gasteiger partial charge in [0.05, 0.1) is 22.7 Å². The lowest BCUT2D eigenvalue weighted by molar-refractivity contribution is -0.137. The maximum Gasteiger partial charge on any atom is 0.417 e. The molecule has 2 rings (SSSR count). The first-order chi connectivity index (χ1) is 8.88. The molecule has 0 spiro atoms. The number of alkyl halides is 3. The molecule has 0 unspecified atom stereocenters. The van der Waals surface area contributed by atoms with Crippen LogP contribution in [0.3, 0.4) is 0 Å². The van der Waals surface area contributed by atoms with Gasteiger partial charge < -0.3 is 10.1 Å². The number of halogens is 4. The second-order valence-corrected chi connectivity index (χ2v) is 4.94. The Morgan fingerprint density at radius 3 is 2.79 bits per heavy atom. The molecule has 106 valence electrons. The van der Waals surface area contributed by atoms with Crippen LogP contribution in [0.2, 0.25) is 5.02 Å². The molecule has 1 aromatic rings. The fraction of sp³-hybridized carbons (Fsp3) is 0.583. The van der Waals surface area contributed by atoms with Crippen LogP contribution in [0.15, 0.2) is 12.3 Å². The van der Waals surface area contributed by atoms with E-state index in [4.69, 9.17) is 16.3 Å². The third kappa shape index (κ3) is 3.51. The summed E-state index contributed by atoms with van der Waals surface area (Å²) in [5, 5.41) is 2.95. The van der Waals surface area contributed by atoms with Crippen molar-refractivity contribution >= 4 is 17.4 Å². The average Bonchev–Trinajstić information content (AvgIpc) is 2.84. The number of aromatic nitrogens is 1. The van der Waals surface area contributed by atoms with E-state index in [0.29, 0.717) is 6.61 Å². The molecule has 3 nitrogen and oxygen atoms in total. The van der Waals surface area contributed by atoms with Crippen molar-refractivity contribution in [2.45, 2.75) is 38.1 Å². The minimum absolute atomic E-state index is 0.0418. The molecule has 1 fully saturated rings. The third-order valence-corrected chi connectivity index (χ3v) is 3.34. The van der Waals surface area contributed by atoms with Gasteiger partial charge in [-0.25, -0.2) is 4.98 Å². The van der Waals surface area contributed by atoms with Crippen LogP contribution in [-0.2, 0) is 10.9 Å². The average molecular weight is 295 g/mol. The minimum atomic E-state index is -4.44. The van der Waals surface area contributed by atoms with Crippen molar-refractivity contribution < 1.29 is 17.9 Å². The molecule has 0 aromatic carbocycles. The van der Waals surface area contributed by atoms with E-state index in [1.807, 2.05) is 6.92 Å². The Morgan fingerprint density at radius 1 is 1.53 bits per heavy atom. The van der Waals surface area contributed by atoms with Gasteiger partial charge in [-0.15, -0.1) is 0 Å². The summed E-state index contributed by atoms with van der Waals surface area (Å²) >= 11 is 5.82. The zero-order valence-corrected chi connectivity index (χ0v) is 11.1. The van der Waals surface area contributed by atoms with Gasteiger partial charge in [0.15, 0.2) is 0 Å². The van der Waals surface area contributed by atoms with Crippen LogP contribution in [0.5, 0.6) is 0 Å². The number of nitrogens with one attached hydrogen (secondary N) is 1. The van der Waals surface area contributed by atoms with Crippen LogP contribution in [-0.4, -0.2) is 23.7 Å². The van der Waals surface area contributed by atoms with Crippen LogP contribution < -0.4 is 5.32 Å². The van der Waals surface area contributed by atoms with Gasteiger partial charge in [-0.3, -0.25) is 0 Å². The second kappa shape index (κ2) is 5.54. The molecule has 0 saturated carbocycles. The molecule has 0 aliphatic carbocycles. The van der Waals surface area contributed by atoms with Crippen molar-refractivity contribution in [1.29, 1.82) is 0 Å². The standard InChI is InChI=1S/C12H14ClF3N2O/c1-7(10-3-2-4-19-10)18-11-9(13)5-8(6-17-11)12(14,15)16/h5-7,10H,2-4H2,1H3,(H,17,18)/t7-,10+/m1/s1. The quantitative estimate of drug-likeness (QED) is 0.922. The number of hydrogen-bond acceptors (Lipinski definition) is 3. The summed E-state index contributed by atoms with van der Waals surface area (Å²) in [5.41, 5.74) is -0.854. The van der Waals surface area contributed by atoms with Gasteiger partial charge in [-0.1, -0.05) is 11.6 Å². The van der Waals surface area contributed by atoms with E-state index in [-0.39, 0.29) is 23.0 Å². The normalized spacial score (nSPS) is 21.4. The molecular weight excluding hydrogens is 281 g/mol. The molecular formula is C12H14ClF3N2O. The van der Waals surface area contributed by atoms with Crippen molar-refractivity contribution in [2.75, 3.05) is 11.9 Å². The van der Waals surface area contributed by atoms with Crippen molar-refractivity contribution in [1.82, 2.24) is 4.98 Å². The number of anilines is 1. The van der Waals surface area contributed by atoms with E-state index in [2.05, 4.69) is 10.3 Å². The maximum absolute atomic E-state index is 12.5. The second-order valence-electron chi connectivity index (χ2n) is 4.54. The Labute approximate surface area is 114 Å². The molecule has 1 aliphatic heterocycles. The van der Waals surface area contributed by atoms with Gasteiger partial charge in [-0.05, 0) is 25.8 Å². The largest absolute Gasteiger partial charge is 0.417 e. The van der Waals surface area contributed by atoms with Crippen LogP contribution in [0.1, 0.15) is 25.3 Å². The van der Waals surface area contributed by atoms with E-state index >= 15 is 0 Å². The van der Waals surface area contributed by atoms with E-state index < -0.39 is 11.7 Å². The minimum Gasteiger partial charge on any atom is -0.376 e. The van der Waals surface area contributed by atoms with Gasteiger partial charge in [0.2, 0.25) is 0 Å². The van der Waals surface area contributed by atoms with Crippen molar-refractivity contribution in [2.24, 2.45) is 0 Å². The zero-order chi connectivity index (χ0) is 14.0. The Hall–Kier alpha value is -1.01. The molecule has 1 aliphatic rings. The summed E-state index contributed by atoms with van der Waals surface area (Å²) in [7, 11) is 0. The fourth-order valence-electron chi connectivity index (χ4n) is 2.00. The van der Waals surface area contributed by atoms with Crippen LogP contribution in [0.4, 0.5) is 19.0 Å². The molecule has 0 bridgehead atoms. The van der Waals surface area contributed by atoms with E-state index in [0.717, 1.165) is 25.1 Å². The number of pyridine rings is 1. The van der Waals surface area contributed by atoms with Gasteiger partial charge in [0, 0.05) is 12.8 Å². The highest BCUT2D eigenvalue weighted by Gasteiger charge is 2.32. The molecule has 2 heterocycles. The van der Waals surface area contributed by atoms with Crippen molar-refractivity contribution in [3.05, 3.63) is 22.8 Å². The summed E-state index contributed by atoms with van der Waals surface area (Å²) in [5.74, 6) is 0.248. The molecule has 1 saturated heterocycles. The number of rotatable bonds is 3. The van der Waals surface area contributed by atoms with Gasteiger partial charge >= 0.3 is 6.18 Å². The number of hydrogen-bond donors (Lipinski definition) is 1. The topological polar surface area (TPSA) is 34.2 Å². The van der Waals surface area contributed by atoms with Crippen LogP contribution in [0, 0.1) is 0 Å². The third-order valence-electron chi connectivity index (χ3n) is 3.06. The van der Waals surface area contributed by atoms with E-state index in [9.17, 15) is 13.2 Å². The van der Waals surface area contributed by atoms with Crippen molar-refractivity contribution in [3.63, 3.8) is 0 Å². The van der Waals surface area contributed by atoms with E-state index in [1.165, 1.54) is 0 Å². The monoisotopic (exact) mass is 294 g/mol. The van der Waals surface area contributed by atoms with Crippen molar-refractivity contribution in [3.8, 4) is 0 Å². The lowest BCUT2D eigenvalue weighted by Crippen LogP contribution is -2.30. The highest BCUT2D eigenvalue weighted by Crippen LogP contribution is 2.32. The smallest absolute Gasteiger partial charge is 0.376 e. The van der Waals surface area contributed by atoms with Gasteiger partial charge in [-0.2, -0.15) is 13.2 Å². The lowest BCUT2D eigenvalue weighted by atomic mass is 10.1. The first kappa shape index (κ1) is 14.4. The summed E-state index contributed by atoms with van der Waals surface area (Å²) in [6.07, 6.45) is -1.71. The molecule has 0 amide bonds. The van der Waals surface area contributed by atoms with Gasteiger partial charge in [0.1, 0.15) is 5.82 Å². The Kier molecular flexibility index (Phi) is 4.20. The molecule has 19 heavy (non-hydrogen) atoms. The molecule has 7 heteroatoms. The number of ether oxygens (including phenoxy) is 1. The molecule has 0 radical (unpaired) electrons. The summed E-state index contributed by atoms with van der Waals surface area (Å²) in [6, 6.07) is 0.822. The summed E-state index contributed by atoms with van der Waals surface area (Å²) < 4.78 is 42.9. The molecule has 1 aromatic heterocycles. The Morgan fingerprint density at radius 2 is 2.26 bits per heavy atom. The first-order valence-electron chi connectivity index (χ1n) is 5.99.